The van der Waals surface area contributed by atoms with Gasteiger partial charge in [-0.25, -0.2) is 9.18 Å². The van der Waals surface area contributed by atoms with Crippen molar-refractivity contribution in [3.05, 3.63) is 107 Å². The lowest BCUT2D eigenvalue weighted by Gasteiger charge is -2.36. The zero-order valence-corrected chi connectivity index (χ0v) is 21.8. The minimum absolute atomic E-state index is 0.287. The van der Waals surface area contributed by atoms with Crippen molar-refractivity contribution in [3.8, 4) is 0 Å². The molecule has 0 unspecified atom stereocenters. The monoisotopic (exact) mass is 502 g/mol. The number of amides is 1. The van der Waals surface area contributed by atoms with Crippen molar-refractivity contribution in [2.45, 2.75) is 64.4 Å². The van der Waals surface area contributed by atoms with Crippen LogP contribution in [0, 0.1) is 5.82 Å². The topological polar surface area (TPSA) is 49.9 Å². The molecule has 1 aliphatic rings. The second-order valence-corrected chi connectivity index (χ2v) is 10.5. The van der Waals surface area contributed by atoms with Gasteiger partial charge in [-0.05, 0) is 50.8 Å². The summed E-state index contributed by atoms with van der Waals surface area (Å²) in [5, 5.41) is 0. The Morgan fingerprint density at radius 2 is 1.46 bits per heavy atom. The van der Waals surface area contributed by atoms with Crippen LogP contribution in [0.5, 0.6) is 0 Å². The molecule has 37 heavy (non-hydrogen) atoms. The van der Waals surface area contributed by atoms with Crippen LogP contribution in [0.3, 0.4) is 0 Å². The molecule has 194 valence electrons. The summed E-state index contributed by atoms with van der Waals surface area (Å²) >= 11 is 0. The molecule has 3 aromatic carbocycles. The highest BCUT2D eigenvalue weighted by Crippen LogP contribution is 2.32. The van der Waals surface area contributed by atoms with Crippen molar-refractivity contribution in [2.75, 3.05) is 6.54 Å². The Morgan fingerprint density at radius 1 is 0.919 bits per heavy atom. The molecule has 1 saturated heterocycles. The fourth-order valence-electron chi connectivity index (χ4n) is 4.86. The largest absolute Gasteiger partial charge is 0.458 e. The number of ether oxygens (including phenoxy) is 1. The molecule has 1 amide bonds. The van der Waals surface area contributed by atoms with Crippen LogP contribution in [-0.2, 0) is 27.4 Å². The Hall–Kier alpha value is -3.51. The van der Waals surface area contributed by atoms with E-state index in [9.17, 15) is 9.59 Å². The molecule has 6 heteroatoms. The van der Waals surface area contributed by atoms with E-state index >= 15 is 4.39 Å². The van der Waals surface area contributed by atoms with Crippen LogP contribution < -0.4 is 0 Å². The van der Waals surface area contributed by atoms with Crippen LogP contribution in [0.25, 0.3) is 0 Å². The van der Waals surface area contributed by atoms with Crippen LogP contribution in [0.4, 0.5) is 4.39 Å². The number of carbonyl (C=O) groups is 2. The first-order valence-corrected chi connectivity index (χ1v) is 12.8. The number of rotatable bonds is 8. The van der Waals surface area contributed by atoms with E-state index in [1.807, 2.05) is 86.3 Å². The highest BCUT2D eigenvalue weighted by molar-refractivity contribution is 5.89. The summed E-state index contributed by atoms with van der Waals surface area (Å²) in [6.07, 6.45) is 1.22. The molecule has 0 N–H and O–H groups in total. The summed E-state index contributed by atoms with van der Waals surface area (Å²) < 4.78 is 21.0. The van der Waals surface area contributed by atoms with Gasteiger partial charge in [-0.3, -0.25) is 9.69 Å². The standard InChI is InChI=1S/C31H35FN2O3/c1-31(2,3)37-30(36)27-19-12-20-34(27)29(35)28(25-17-10-11-18-26(25)32)33(21-23-13-6-4-7-14-23)22-24-15-8-5-9-16-24/h4-11,13-18,27-28H,12,19-22H2,1-3H3/t27-,28+/m0/s1. The number of carbonyl (C=O) groups excluding carboxylic acids is 2. The van der Waals surface area contributed by atoms with E-state index in [1.54, 1.807) is 23.1 Å². The highest BCUT2D eigenvalue weighted by Gasteiger charge is 2.42. The number of hydrogen-bond acceptors (Lipinski definition) is 4. The molecule has 0 aliphatic carbocycles. The molecule has 0 spiro atoms. The van der Waals surface area contributed by atoms with Gasteiger partial charge in [0.05, 0.1) is 0 Å². The molecule has 1 fully saturated rings. The van der Waals surface area contributed by atoms with E-state index in [2.05, 4.69) is 0 Å². The van der Waals surface area contributed by atoms with Gasteiger partial charge >= 0.3 is 5.97 Å². The molecule has 1 aliphatic heterocycles. The predicted molar refractivity (Wildman–Crippen MR) is 142 cm³/mol. The summed E-state index contributed by atoms with van der Waals surface area (Å²) in [5.41, 5.74) is 1.66. The Kier molecular flexibility index (Phi) is 8.39. The second kappa shape index (κ2) is 11.7. The normalized spacial score (nSPS) is 16.6. The van der Waals surface area contributed by atoms with E-state index in [0.717, 1.165) is 11.1 Å². The van der Waals surface area contributed by atoms with Gasteiger partial charge in [-0.2, -0.15) is 0 Å². The number of nitrogens with zero attached hydrogens (tertiary/aromatic N) is 2. The number of likely N-dealkylation sites (tertiary alicyclic amines) is 1. The van der Waals surface area contributed by atoms with Gasteiger partial charge in [0.1, 0.15) is 23.5 Å². The maximum Gasteiger partial charge on any atom is 0.329 e. The predicted octanol–water partition coefficient (Wildman–Crippen LogP) is 5.90. The second-order valence-electron chi connectivity index (χ2n) is 10.5. The van der Waals surface area contributed by atoms with E-state index in [1.165, 1.54) is 6.07 Å². The summed E-state index contributed by atoms with van der Waals surface area (Å²) in [6.45, 7) is 6.75. The summed E-state index contributed by atoms with van der Waals surface area (Å²) in [4.78, 5) is 30.9. The van der Waals surface area contributed by atoms with Gasteiger partial charge in [0.15, 0.2) is 0 Å². The molecule has 0 radical (unpaired) electrons. The fourth-order valence-corrected chi connectivity index (χ4v) is 4.86. The Labute approximate surface area is 218 Å². The van der Waals surface area contributed by atoms with Crippen molar-refractivity contribution in [2.24, 2.45) is 0 Å². The van der Waals surface area contributed by atoms with Gasteiger partial charge in [0.25, 0.3) is 0 Å². The van der Waals surface area contributed by atoms with Crippen LogP contribution in [0.2, 0.25) is 0 Å². The quantitative estimate of drug-likeness (QED) is 0.360. The van der Waals surface area contributed by atoms with Crippen LogP contribution in [-0.4, -0.2) is 39.9 Å². The third-order valence-corrected chi connectivity index (χ3v) is 6.47. The zero-order chi connectivity index (χ0) is 26.4. The van der Waals surface area contributed by atoms with Crippen LogP contribution in [0.15, 0.2) is 84.9 Å². The molecular formula is C31H35FN2O3. The van der Waals surface area contributed by atoms with Gasteiger partial charge in [-0.1, -0.05) is 78.9 Å². The van der Waals surface area contributed by atoms with Gasteiger partial charge < -0.3 is 9.64 Å². The van der Waals surface area contributed by atoms with Crippen molar-refractivity contribution in [1.29, 1.82) is 0 Å². The van der Waals surface area contributed by atoms with Crippen LogP contribution >= 0.6 is 0 Å². The molecule has 4 rings (SSSR count). The highest BCUT2D eigenvalue weighted by atomic mass is 19.1. The SMILES string of the molecule is CC(C)(C)OC(=O)[C@@H]1CCCN1C(=O)[C@@H](c1ccccc1F)N(Cc1ccccc1)Cc1ccccc1. The van der Waals surface area contributed by atoms with Crippen molar-refractivity contribution < 1.29 is 18.7 Å². The number of benzene rings is 3. The number of hydrogen-bond donors (Lipinski definition) is 0. The molecule has 0 aromatic heterocycles. The average molecular weight is 503 g/mol. The summed E-state index contributed by atoms with van der Waals surface area (Å²) in [7, 11) is 0. The molecule has 1 heterocycles. The fraction of sp³-hybridized carbons (Fsp3) is 0.355. The molecule has 3 aromatic rings. The maximum absolute atomic E-state index is 15.3. The lowest BCUT2D eigenvalue weighted by atomic mass is 10.00. The van der Waals surface area contributed by atoms with Gasteiger partial charge in [0.2, 0.25) is 5.91 Å². The Bertz CT molecular complexity index is 1150. The Morgan fingerprint density at radius 3 is 2.00 bits per heavy atom. The first kappa shape index (κ1) is 26.6. The van der Waals surface area contributed by atoms with Crippen LogP contribution in [0.1, 0.15) is 56.3 Å². The smallest absolute Gasteiger partial charge is 0.329 e. The first-order valence-electron chi connectivity index (χ1n) is 12.8. The lowest BCUT2D eigenvalue weighted by Crippen LogP contribution is -2.48. The minimum atomic E-state index is -0.912. The number of esters is 1. The van der Waals surface area contributed by atoms with E-state index < -0.39 is 29.5 Å². The molecule has 0 bridgehead atoms. The summed E-state index contributed by atoms with van der Waals surface area (Å²) in [6, 6.07) is 24.5. The van der Waals surface area contributed by atoms with Gasteiger partial charge in [-0.15, -0.1) is 0 Å². The average Bonchev–Trinajstić information content (AvgIpc) is 3.36. The lowest BCUT2D eigenvalue weighted by molar-refractivity contribution is -0.164. The Balaban J connectivity index is 1.74. The van der Waals surface area contributed by atoms with E-state index in [-0.39, 0.29) is 5.91 Å². The molecular weight excluding hydrogens is 467 g/mol. The third kappa shape index (κ3) is 6.83. The minimum Gasteiger partial charge on any atom is -0.458 e. The molecule has 2 atom stereocenters. The van der Waals surface area contributed by atoms with E-state index in [0.29, 0.717) is 38.0 Å². The van der Waals surface area contributed by atoms with Crippen molar-refractivity contribution in [3.63, 3.8) is 0 Å². The molecule has 0 saturated carbocycles. The van der Waals surface area contributed by atoms with Crippen molar-refractivity contribution in [1.82, 2.24) is 9.80 Å². The molecule has 5 nitrogen and oxygen atoms in total. The summed E-state index contributed by atoms with van der Waals surface area (Å²) in [5.74, 6) is -1.14. The third-order valence-electron chi connectivity index (χ3n) is 6.47. The zero-order valence-electron chi connectivity index (χ0n) is 21.8. The number of halogens is 1. The van der Waals surface area contributed by atoms with Gasteiger partial charge in [0, 0.05) is 25.2 Å². The van der Waals surface area contributed by atoms with E-state index in [4.69, 9.17) is 4.74 Å². The first-order chi connectivity index (χ1) is 17.7. The van der Waals surface area contributed by atoms with Crippen molar-refractivity contribution >= 4 is 11.9 Å². The maximum atomic E-state index is 15.3.